The van der Waals surface area contributed by atoms with E-state index in [-0.39, 0.29) is 18.0 Å². The van der Waals surface area contributed by atoms with Crippen molar-refractivity contribution >= 4 is 16.0 Å². The Kier molecular flexibility index (Phi) is 5.33. The van der Waals surface area contributed by atoms with Crippen LogP contribution >= 0.6 is 0 Å². The summed E-state index contributed by atoms with van der Waals surface area (Å²) < 4.78 is 28.2. The van der Waals surface area contributed by atoms with Crippen molar-refractivity contribution < 1.29 is 18.3 Å². The third-order valence-electron chi connectivity index (χ3n) is 3.89. The highest BCUT2D eigenvalue weighted by atomic mass is 32.2. The number of nitrogens with one attached hydrogen (secondary N) is 1. The minimum Gasteiger partial charge on any atom is -0.478 e. The van der Waals surface area contributed by atoms with Crippen LogP contribution in [0.2, 0.25) is 0 Å². The van der Waals surface area contributed by atoms with Crippen LogP contribution in [0.5, 0.6) is 0 Å². The van der Waals surface area contributed by atoms with E-state index >= 15 is 0 Å². The van der Waals surface area contributed by atoms with E-state index < -0.39 is 16.0 Å². The van der Waals surface area contributed by atoms with Crippen molar-refractivity contribution in [3.05, 3.63) is 71.4 Å². The first kappa shape index (κ1) is 18.7. The van der Waals surface area contributed by atoms with E-state index in [9.17, 15) is 13.2 Å². The fraction of sp³-hybridized carbons (Fsp3) is 0.167. The fourth-order valence-electron chi connectivity index (χ4n) is 2.40. The highest BCUT2D eigenvalue weighted by Crippen LogP contribution is 2.16. The zero-order valence-electron chi connectivity index (χ0n) is 14.5. The van der Waals surface area contributed by atoms with Gasteiger partial charge in [-0.15, -0.1) is 5.10 Å². The molecule has 2 N–H and O–H groups in total. The zero-order valence-corrected chi connectivity index (χ0v) is 15.3. The number of hydrogen-bond donors (Lipinski definition) is 2. The molecule has 1 heterocycles. The fourth-order valence-corrected chi connectivity index (χ4v) is 3.35. The molecule has 0 atom stereocenters. The number of hydrogen-bond acceptors (Lipinski definition) is 5. The van der Waals surface area contributed by atoms with Gasteiger partial charge in [-0.2, -0.15) is 0 Å². The molecule has 0 aliphatic rings. The maximum absolute atomic E-state index is 12.2. The lowest BCUT2D eigenvalue weighted by atomic mass is 10.1. The van der Waals surface area contributed by atoms with Crippen molar-refractivity contribution in [1.82, 2.24) is 19.7 Å². The predicted molar refractivity (Wildman–Crippen MR) is 99.4 cm³/mol. The zero-order chi connectivity index (χ0) is 19.4. The largest absolute Gasteiger partial charge is 0.478 e. The van der Waals surface area contributed by atoms with Crippen LogP contribution in [0.1, 0.15) is 21.5 Å². The number of carboxylic acid groups (broad SMARTS) is 1. The van der Waals surface area contributed by atoms with E-state index in [1.54, 1.807) is 18.3 Å². The lowest BCUT2D eigenvalue weighted by Crippen LogP contribution is -2.27. The Balaban J connectivity index is 1.62. The summed E-state index contributed by atoms with van der Waals surface area (Å²) in [5, 5.41) is 16.7. The third-order valence-corrected chi connectivity index (χ3v) is 5.07. The molecule has 0 saturated carbocycles. The van der Waals surface area contributed by atoms with Crippen LogP contribution < -0.4 is 4.72 Å². The average molecular weight is 386 g/mol. The van der Waals surface area contributed by atoms with Gasteiger partial charge in [0.15, 0.2) is 5.88 Å². The minimum atomic E-state index is -3.64. The molecule has 0 aliphatic heterocycles. The monoisotopic (exact) mass is 386 g/mol. The summed E-state index contributed by atoms with van der Waals surface area (Å²) in [5.41, 5.74) is 3.37. The van der Waals surface area contributed by atoms with Gasteiger partial charge in [-0.3, -0.25) is 0 Å². The lowest BCUT2D eigenvalue weighted by Gasteiger charge is -2.07. The molecule has 0 amide bonds. The molecular weight excluding hydrogens is 368 g/mol. The highest BCUT2D eigenvalue weighted by molar-refractivity contribution is 7.88. The van der Waals surface area contributed by atoms with E-state index in [0.29, 0.717) is 11.3 Å². The van der Waals surface area contributed by atoms with E-state index in [4.69, 9.17) is 5.11 Å². The molecule has 9 heteroatoms. The Bertz CT molecular complexity index is 1040. The van der Waals surface area contributed by atoms with Crippen molar-refractivity contribution in [3.63, 3.8) is 0 Å². The van der Waals surface area contributed by atoms with Crippen LogP contribution in [0, 0.1) is 6.92 Å². The minimum absolute atomic E-state index is 0.0573. The van der Waals surface area contributed by atoms with Gasteiger partial charge < -0.3 is 5.11 Å². The smallest absolute Gasteiger partial charge is 0.335 e. The number of nitrogens with zero attached hydrogens (tertiary/aromatic N) is 3. The second kappa shape index (κ2) is 7.68. The normalized spacial score (nSPS) is 11.4. The van der Waals surface area contributed by atoms with Gasteiger partial charge in [-0.25, -0.2) is 22.6 Å². The Labute approximate surface area is 156 Å². The number of aromatic nitrogens is 3. The maximum atomic E-state index is 12.2. The lowest BCUT2D eigenvalue weighted by molar-refractivity contribution is 0.0697. The first-order valence-electron chi connectivity index (χ1n) is 8.09. The summed E-state index contributed by atoms with van der Waals surface area (Å²) in [4.78, 5) is 10.8. The van der Waals surface area contributed by atoms with Gasteiger partial charge in [0, 0.05) is 12.1 Å². The van der Waals surface area contributed by atoms with Crippen LogP contribution in [-0.2, 0) is 22.4 Å². The van der Waals surface area contributed by atoms with Crippen molar-refractivity contribution in [1.29, 1.82) is 0 Å². The summed E-state index contributed by atoms with van der Waals surface area (Å²) in [6.45, 7) is 2.04. The Morgan fingerprint density at radius 3 is 2.41 bits per heavy atom. The standard InChI is InChI=1S/C18H18N4O4S/c1-13-2-6-15(7-3-13)17-11-22(21-20-17)12-27(25,26)19-10-14-4-8-16(9-5-14)18(23)24/h2-9,11,19H,10,12H2,1H3,(H,23,24). The summed E-state index contributed by atoms with van der Waals surface area (Å²) in [6.07, 6.45) is 1.57. The molecule has 27 heavy (non-hydrogen) atoms. The van der Waals surface area contributed by atoms with Crippen molar-refractivity contribution in [2.75, 3.05) is 0 Å². The number of benzene rings is 2. The van der Waals surface area contributed by atoms with Crippen LogP contribution in [-0.4, -0.2) is 34.5 Å². The number of sulfonamides is 1. The summed E-state index contributed by atoms with van der Waals surface area (Å²) >= 11 is 0. The van der Waals surface area contributed by atoms with Crippen LogP contribution in [0.15, 0.2) is 54.7 Å². The summed E-state index contributed by atoms with van der Waals surface area (Å²) in [6, 6.07) is 13.7. The Hall–Kier alpha value is -3.04. The van der Waals surface area contributed by atoms with E-state index in [0.717, 1.165) is 11.1 Å². The molecule has 0 spiro atoms. The second-order valence-electron chi connectivity index (χ2n) is 6.08. The number of aryl methyl sites for hydroxylation is 1. The first-order valence-corrected chi connectivity index (χ1v) is 9.74. The summed E-state index contributed by atoms with van der Waals surface area (Å²) in [7, 11) is -3.64. The molecule has 1 aromatic heterocycles. The van der Waals surface area contributed by atoms with Gasteiger partial charge in [0.05, 0.1) is 11.8 Å². The van der Waals surface area contributed by atoms with Gasteiger partial charge in [-0.1, -0.05) is 47.2 Å². The highest BCUT2D eigenvalue weighted by Gasteiger charge is 2.14. The molecule has 0 bridgehead atoms. The van der Waals surface area contributed by atoms with Crippen LogP contribution in [0.4, 0.5) is 0 Å². The second-order valence-corrected chi connectivity index (χ2v) is 7.85. The third kappa shape index (κ3) is 4.99. The van der Waals surface area contributed by atoms with Gasteiger partial charge >= 0.3 is 5.97 Å². The molecule has 0 radical (unpaired) electrons. The van der Waals surface area contributed by atoms with Crippen molar-refractivity contribution in [2.24, 2.45) is 0 Å². The Morgan fingerprint density at radius 1 is 1.11 bits per heavy atom. The molecule has 2 aromatic carbocycles. The van der Waals surface area contributed by atoms with E-state index in [2.05, 4.69) is 15.0 Å². The molecular formula is C18H18N4O4S. The Morgan fingerprint density at radius 2 is 1.78 bits per heavy atom. The van der Waals surface area contributed by atoms with Crippen molar-refractivity contribution in [3.8, 4) is 11.3 Å². The molecule has 140 valence electrons. The molecule has 8 nitrogen and oxygen atoms in total. The first-order chi connectivity index (χ1) is 12.8. The molecule has 3 rings (SSSR count). The molecule has 0 saturated heterocycles. The SMILES string of the molecule is Cc1ccc(-c2cn(CS(=O)(=O)NCc3ccc(C(=O)O)cc3)nn2)cc1. The van der Waals surface area contributed by atoms with Crippen LogP contribution in [0.25, 0.3) is 11.3 Å². The van der Waals surface area contributed by atoms with Crippen LogP contribution in [0.3, 0.4) is 0 Å². The number of rotatable bonds is 7. The summed E-state index contributed by atoms with van der Waals surface area (Å²) in [5.74, 6) is -1.39. The maximum Gasteiger partial charge on any atom is 0.335 e. The van der Waals surface area contributed by atoms with Gasteiger partial charge in [-0.05, 0) is 24.6 Å². The molecule has 0 unspecified atom stereocenters. The van der Waals surface area contributed by atoms with Gasteiger partial charge in [0.25, 0.3) is 0 Å². The van der Waals surface area contributed by atoms with E-state index in [1.165, 1.54) is 16.8 Å². The molecule has 3 aromatic rings. The average Bonchev–Trinajstić information content (AvgIpc) is 3.08. The predicted octanol–water partition coefficient (Wildman–Crippen LogP) is 2.03. The topological polar surface area (TPSA) is 114 Å². The number of carbonyl (C=O) groups is 1. The van der Waals surface area contributed by atoms with Gasteiger partial charge in [0.1, 0.15) is 5.69 Å². The molecule has 0 aliphatic carbocycles. The number of carboxylic acids is 1. The van der Waals surface area contributed by atoms with Gasteiger partial charge in [0.2, 0.25) is 10.0 Å². The molecule has 0 fully saturated rings. The van der Waals surface area contributed by atoms with Crippen molar-refractivity contribution in [2.45, 2.75) is 19.3 Å². The number of aromatic carboxylic acids is 1. The van der Waals surface area contributed by atoms with E-state index in [1.807, 2.05) is 31.2 Å². The quantitative estimate of drug-likeness (QED) is 0.642.